The number of aromatic nitrogens is 1. The molecule has 2 N–H and O–H groups in total. The van der Waals surface area contributed by atoms with Crippen LogP contribution in [-0.4, -0.2) is 35.1 Å². The SMILES string of the molecule is O=C(O)C=Cc1ccc(OCC(=O)NCC2CC2)cn1. The Hall–Kier alpha value is -2.37. The van der Waals surface area contributed by atoms with Gasteiger partial charge in [0.2, 0.25) is 0 Å². The molecule has 106 valence electrons. The van der Waals surface area contributed by atoms with Crippen LogP contribution in [0.5, 0.6) is 5.75 Å². The van der Waals surface area contributed by atoms with Gasteiger partial charge in [0.05, 0.1) is 11.9 Å². The fourth-order valence-electron chi connectivity index (χ4n) is 1.51. The number of pyridine rings is 1. The molecule has 0 aliphatic heterocycles. The van der Waals surface area contributed by atoms with Gasteiger partial charge in [0.15, 0.2) is 6.61 Å². The van der Waals surface area contributed by atoms with Gasteiger partial charge in [-0.25, -0.2) is 4.79 Å². The summed E-state index contributed by atoms with van der Waals surface area (Å²) in [5.41, 5.74) is 0.512. The third-order valence-electron chi connectivity index (χ3n) is 2.81. The van der Waals surface area contributed by atoms with Gasteiger partial charge >= 0.3 is 5.97 Å². The highest BCUT2D eigenvalue weighted by Gasteiger charge is 2.21. The predicted molar refractivity (Wildman–Crippen MR) is 72.1 cm³/mol. The number of carboxylic acid groups (broad SMARTS) is 1. The molecule has 1 amide bonds. The molecule has 2 rings (SSSR count). The van der Waals surface area contributed by atoms with Crippen molar-refractivity contribution in [3.63, 3.8) is 0 Å². The van der Waals surface area contributed by atoms with Crippen LogP contribution in [0.3, 0.4) is 0 Å². The van der Waals surface area contributed by atoms with Crippen LogP contribution < -0.4 is 10.1 Å². The van der Waals surface area contributed by atoms with Gasteiger partial charge in [-0.1, -0.05) is 0 Å². The Bertz CT molecular complexity index is 506. The number of aliphatic carboxylic acids is 1. The number of amides is 1. The van der Waals surface area contributed by atoms with E-state index >= 15 is 0 Å². The van der Waals surface area contributed by atoms with Gasteiger partial charge in [0, 0.05) is 12.6 Å². The van der Waals surface area contributed by atoms with Crippen molar-refractivity contribution >= 4 is 18.0 Å². The van der Waals surface area contributed by atoms with Crippen LogP contribution in [0.15, 0.2) is 24.4 Å². The van der Waals surface area contributed by atoms with Crippen molar-refractivity contribution < 1.29 is 19.4 Å². The van der Waals surface area contributed by atoms with E-state index in [2.05, 4.69) is 10.3 Å². The second kappa shape index (κ2) is 6.70. The van der Waals surface area contributed by atoms with Crippen LogP contribution >= 0.6 is 0 Å². The van der Waals surface area contributed by atoms with Crippen LogP contribution in [0.2, 0.25) is 0 Å². The van der Waals surface area contributed by atoms with Gasteiger partial charge in [-0.15, -0.1) is 0 Å². The zero-order valence-corrected chi connectivity index (χ0v) is 10.9. The fraction of sp³-hybridized carbons (Fsp3) is 0.357. The van der Waals surface area contributed by atoms with E-state index in [1.807, 2.05) is 0 Å². The molecule has 1 aliphatic rings. The summed E-state index contributed by atoms with van der Waals surface area (Å²) in [7, 11) is 0. The van der Waals surface area contributed by atoms with E-state index in [4.69, 9.17) is 9.84 Å². The van der Waals surface area contributed by atoms with E-state index < -0.39 is 5.97 Å². The maximum absolute atomic E-state index is 11.5. The van der Waals surface area contributed by atoms with Crippen molar-refractivity contribution in [1.29, 1.82) is 0 Å². The number of rotatable bonds is 7. The van der Waals surface area contributed by atoms with E-state index in [0.717, 1.165) is 12.6 Å². The number of nitrogens with one attached hydrogen (secondary N) is 1. The fourth-order valence-corrected chi connectivity index (χ4v) is 1.51. The second-order valence-electron chi connectivity index (χ2n) is 4.63. The maximum Gasteiger partial charge on any atom is 0.328 e. The lowest BCUT2D eigenvalue weighted by Crippen LogP contribution is -2.30. The quantitative estimate of drug-likeness (QED) is 0.728. The molecule has 0 spiro atoms. The van der Waals surface area contributed by atoms with E-state index in [9.17, 15) is 9.59 Å². The number of carbonyl (C=O) groups excluding carboxylic acids is 1. The Morgan fingerprint density at radius 1 is 1.45 bits per heavy atom. The third kappa shape index (κ3) is 5.09. The number of carboxylic acids is 1. The summed E-state index contributed by atoms with van der Waals surface area (Å²) in [6.07, 6.45) is 6.23. The summed E-state index contributed by atoms with van der Waals surface area (Å²) >= 11 is 0. The molecule has 0 aromatic carbocycles. The van der Waals surface area contributed by atoms with Crippen molar-refractivity contribution in [2.45, 2.75) is 12.8 Å². The molecular formula is C14H16N2O4. The molecule has 0 radical (unpaired) electrons. The Kier molecular flexibility index (Phi) is 4.70. The van der Waals surface area contributed by atoms with E-state index in [1.54, 1.807) is 12.1 Å². The molecule has 6 nitrogen and oxygen atoms in total. The molecular weight excluding hydrogens is 260 g/mol. The van der Waals surface area contributed by atoms with Crippen molar-refractivity contribution in [2.75, 3.05) is 13.2 Å². The topological polar surface area (TPSA) is 88.5 Å². The third-order valence-corrected chi connectivity index (χ3v) is 2.81. The highest BCUT2D eigenvalue weighted by atomic mass is 16.5. The summed E-state index contributed by atoms with van der Waals surface area (Å²) in [6.45, 7) is 0.679. The van der Waals surface area contributed by atoms with Gasteiger partial charge in [-0.05, 0) is 37.0 Å². The molecule has 1 heterocycles. The van der Waals surface area contributed by atoms with Gasteiger partial charge in [-0.3, -0.25) is 9.78 Å². The van der Waals surface area contributed by atoms with Crippen molar-refractivity contribution in [2.24, 2.45) is 5.92 Å². The van der Waals surface area contributed by atoms with Gasteiger partial charge in [-0.2, -0.15) is 0 Å². The average molecular weight is 276 g/mol. The second-order valence-corrected chi connectivity index (χ2v) is 4.63. The summed E-state index contributed by atoms with van der Waals surface area (Å²) in [6, 6.07) is 3.26. The van der Waals surface area contributed by atoms with Crippen LogP contribution in [0.4, 0.5) is 0 Å². The van der Waals surface area contributed by atoms with Crippen LogP contribution in [0, 0.1) is 5.92 Å². The molecule has 1 aromatic heterocycles. The maximum atomic E-state index is 11.5. The molecule has 1 fully saturated rings. The highest BCUT2D eigenvalue weighted by molar-refractivity contribution is 5.84. The Morgan fingerprint density at radius 2 is 2.25 bits per heavy atom. The zero-order valence-electron chi connectivity index (χ0n) is 10.9. The number of ether oxygens (including phenoxy) is 1. The molecule has 20 heavy (non-hydrogen) atoms. The molecule has 6 heteroatoms. The predicted octanol–water partition coefficient (Wildman–Crippen LogP) is 1.08. The van der Waals surface area contributed by atoms with Gasteiger partial charge < -0.3 is 15.2 Å². The number of nitrogens with zero attached hydrogens (tertiary/aromatic N) is 1. The summed E-state index contributed by atoms with van der Waals surface area (Å²) in [5, 5.41) is 11.3. The minimum atomic E-state index is -1.03. The minimum Gasteiger partial charge on any atom is -0.482 e. The molecule has 0 unspecified atom stereocenters. The van der Waals surface area contributed by atoms with Crippen molar-refractivity contribution in [3.8, 4) is 5.75 Å². The first-order valence-corrected chi connectivity index (χ1v) is 6.40. The Morgan fingerprint density at radius 3 is 2.85 bits per heavy atom. The largest absolute Gasteiger partial charge is 0.482 e. The lowest BCUT2D eigenvalue weighted by molar-refractivity contribution is -0.131. The number of carbonyl (C=O) groups is 2. The smallest absolute Gasteiger partial charge is 0.328 e. The number of hydrogen-bond acceptors (Lipinski definition) is 4. The van der Waals surface area contributed by atoms with E-state index in [0.29, 0.717) is 17.4 Å². The molecule has 1 aliphatic carbocycles. The Labute approximate surface area is 116 Å². The number of hydrogen-bond donors (Lipinski definition) is 2. The summed E-state index contributed by atoms with van der Waals surface area (Å²) in [5.74, 6) is -0.0637. The first-order valence-electron chi connectivity index (χ1n) is 6.40. The monoisotopic (exact) mass is 276 g/mol. The van der Waals surface area contributed by atoms with Gasteiger partial charge in [0.1, 0.15) is 5.75 Å². The Balaban J connectivity index is 1.74. The normalized spacial score (nSPS) is 14.2. The van der Waals surface area contributed by atoms with Gasteiger partial charge in [0.25, 0.3) is 5.91 Å². The first kappa shape index (κ1) is 14.0. The molecule has 1 aromatic rings. The first-order chi connectivity index (χ1) is 9.63. The van der Waals surface area contributed by atoms with Crippen molar-refractivity contribution in [3.05, 3.63) is 30.1 Å². The lowest BCUT2D eigenvalue weighted by atomic mass is 10.3. The highest BCUT2D eigenvalue weighted by Crippen LogP contribution is 2.27. The zero-order chi connectivity index (χ0) is 14.4. The van der Waals surface area contributed by atoms with Crippen LogP contribution in [0.1, 0.15) is 18.5 Å². The molecule has 0 atom stereocenters. The van der Waals surface area contributed by atoms with Crippen LogP contribution in [-0.2, 0) is 9.59 Å². The van der Waals surface area contributed by atoms with E-state index in [-0.39, 0.29) is 12.5 Å². The average Bonchev–Trinajstić information content (AvgIpc) is 3.26. The molecule has 0 saturated heterocycles. The molecule has 0 bridgehead atoms. The summed E-state index contributed by atoms with van der Waals surface area (Å²) < 4.78 is 5.29. The van der Waals surface area contributed by atoms with Crippen molar-refractivity contribution in [1.82, 2.24) is 10.3 Å². The summed E-state index contributed by atoms with van der Waals surface area (Å²) in [4.78, 5) is 25.8. The van der Waals surface area contributed by atoms with Crippen LogP contribution in [0.25, 0.3) is 6.08 Å². The molecule has 1 saturated carbocycles. The minimum absolute atomic E-state index is 0.0429. The van der Waals surface area contributed by atoms with E-state index in [1.165, 1.54) is 25.1 Å². The standard InChI is InChI=1S/C14H16N2O4/c17-13(16-7-10-1-2-10)9-20-12-5-3-11(15-8-12)4-6-14(18)19/h3-6,8,10H,1-2,7,9H2,(H,16,17)(H,18,19). The lowest BCUT2D eigenvalue weighted by Gasteiger charge is -2.06.